The fourth-order valence-corrected chi connectivity index (χ4v) is 3.84. The van der Waals surface area contributed by atoms with E-state index in [1.807, 2.05) is 41.9 Å². The molecule has 4 aromatic rings. The summed E-state index contributed by atoms with van der Waals surface area (Å²) in [5, 5.41) is 5.42. The Morgan fingerprint density at radius 2 is 1.79 bits per heavy atom. The zero-order valence-electron chi connectivity index (χ0n) is 15.7. The maximum Gasteiger partial charge on any atom is 0.261 e. The summed E-state index contributed by atoms with van der Waals surface area (Å²) >= 11 is 0. The van der Waals surface area contributed by atoms with Gasteiger partial charge in [-0.2, -0.15) is 5.10 Å². The molecule has 0 saturated heterocycles. The number of aromatic nitrogens is 5. The average molecular weight is 371 g/mol. The van der Waals surface area contributed by atoms with E-state index in [1.165, 1.54) is 5.56 Å². The van der Waals surface area contributed by atoms with E-state index in [-0.39, 0.29) is 11.0 Å². The van der Waals surface area contributed by atoms with Gasteiger partial charge in [0.2, 0.25) is 0 Å². The van der Waals surface area contributed by atoms with Crippen LogP contribution in [0.5, 0.6) is 0 Å². The fraction of sp³-hybridized carbons (Fsp3) is 0.273. The highest BCUT2D eigenvalue weighted by Crippen LogP contribution is 2.52. The molecule has 6 heteroatoms. The average Bonchev–Trinajstić information content (AvgIpc) is 3.46. The van der Waals surface area contributed by atoms with Crippen LogP contribution in [-0.4, -0.2) is 24.3 Å². The van der Waals surface area contributed by atoms with E-state index in [9.17, 15) is 4.79 Å². The molecule has 1 fully saturated rings. The molecule has 5 rings (SSSR count). The van der Waals surface area contributed by atoms with Crippen LogP contribution >= 0.6 is 0 Å². The van der Waals surface area contributed by atoms with Crippen LogP contribution in [0.3, 0.4) is 0 Å². The first-order valence-corrected chi connectivity index (χ1v) is 9.65. The van der Waals surface area contributed by atoms with Gasteiger partial charge in [-0.1, -0.05) is 42.5 Å². The summed E-state index contributed by atoms with van der Waals surface area (Å²) in [5.41, 5.74) is 1.84. The van der Waals surface area contributed by atoms with Gasteiger partial charge >= 0.3 is 0 Å². The van der Waals surface area contributed by atoms with Crippen LogP contribution in [0.2, 0.25) is 0 Å². The first-order chi connectivity index (χ1) is 13.7. The second-order valence-corrected chi connectivity index (χ2v) is 7.31. The van der Waals surface area contributed by atoms with Crippen molar-refractivity contribution in [3.05, 3.63) is 88.5 Å². The van der Waals surface area contributed by atoms with Gasteiger partial charge in [-0.25, -0.2) is 14.6 Å². The number of hydrogen-bond donors (Lipinski definition) is 0. The molecule has 0 N–H and O–H groups in total. The molecule has 0 atom stereocenters. The minimum absolute atomic E-state index is 0.0537. The Morgan fingerprint density at radius 1 is 1.04 bits per heavy atom. The molecule has 140 valence electrons. The number of para-hydroxylation sites is 1. The maximum atomic E-state index is 12.8. The van der Waals surface area contributed by atoms with Gasteiger partial charge in [0.05, 0.1) is 29.2 Å². The molecule has 2 heterocycles. The van der Waals surface area contributed by atoms with E-state index in [0.717, 1.165) is 24.5 Å². The Hall–Kier alpha value is -3.28. The van der Waals surface area contributed by atoms with Gasteiger partial charge in [-0.3, -0.25) is 9.36 Å². The van der Waals surface area contributed by atoms with E-state index >= 15 is 0 Å². The number of aryl methyl sites for hydroxylation is 1. The molecule has 28 heavy (non-hydrogen) atoms. The van der Waals surface area contributed by atoms with Crippen molar-refractivity contribution in [3.8, 4) is 0 Å². The minimum Gasteiger partial charge on any atom is -0.291 e. The summed E-state index contributed by atoms with van der Waals surface area (Å²) in [5.74, 6) is 1.65. The van der Waals surface area contributed by atoms with Crippen LogP contribution in [0, 0.1) is 0 Å². The quantitative estimate of drug-likeness (QED) is 0.541. The Labute approximate surface area is 162 Å². The second kappa shape index (κ2) is 6.41. The Kier molecular flexibility index (Phi) is 3.86. The molecule has 0 amide bonds. The molecule has 2 aromatic heterocycles. The smallest absolute Gasteiger partial charge is 0.261 e. The predicted molar refractivity (Wildman–Crippen MR) is 107 cm³/mol. The summed E-state index contributed by atoms with van der Waals surface area (Å²) in [7, 11) is 0. The normalized spacial score (nSPS) is 15.0. The highest BCUT2D eigenvalue weighted by Gasteiger charge is 2.49. The van der Waals surface area contributed by atoms with E-state index in [0.29, 0.717) is 24.0 Å². The van der Waals surface area contributed by atoms with E-state index in [4.69, 9.17) is 10.1 Å². The number of hydrogen-bond acceptors (Lipinski definition) is 4. The Balaban J connectivity index is 1.54. The minimum atomic E-state index is -0.0803. The molecule has 0 aliphatic heterocycles. The molecule has 0 unspecified atom stereocenters. The predicted octanol–water partition coefficient (Wildman–Crippen LogP) is 3.14. The third kappa shape index (κ3) is 2.64. The lowest BCUT2D eigenvalue weighted by molar-refractivity contribution is 0.578. The largest absolute Gasteiger partial charge is 0.291 e. The monoisotopic (exact) mass is 371 g/mol. The van der Waals surface area contributed by atoms with Gasteiger partial charge in [0.15, 0.2) is 5.82 Å². The molecule has 2 aromatic carbocycles. The topological polar surface area (TPSA) is 65.6 Å². The second-order valence-electron chi connectivity index (χ2n) is 7.31. The zero-order valence-corrected chi connectivity index (χ0v) is 15.7. The summed E-state index contributed by atoms with van der Waals surface area (Å²) in [6.07, 6.45) is 3.71. The van der Waals surface area contributed by atoms with Gasteiger partial charge in [0.25, 0.3) is 5.56 Å². The molecular formula is C22H21N5O. The number of fused-ring (bicyclic) bond motifs is 1. The summed E-state index contributed by atoms with van der Waals surface area (Å²) in [6, 6.07) is 17.9. The van der Waals surface area contributed by atoms with Crippen molar-refractivity contribution in [2.45, 2.75) is 38.3 Å². The summed E-state index contributed by atoms with van der Waals surface area (Å²) in [6.45, 7) is 3.12. The van der Waals surface area contributed by atoms with E-state index < -0.39 is 0 Å². The van der Waals surface area contributed by atoms with Crippen molar-refractivity contribution in [2.24, 2.45) is 0 Å². The molecule has 6 nitrogen and oxygen atoms in total. The van der Waals surface area contributed by atoms with Crippen molar-refractivity contribution in [1.82, 2.24) is 24.3 Å². The van der Waals surface area contributed by atoms with Crippen molar-refractivity contribution < 1.29 is 0 Å². The van der Waals surface area contributed by atoms with Crippen molar-refractivity contribution in [2.75, 3.05) is 0 Å². The van der Waals surface area contributed by atoms with Crippen LogP contribution in [0.15, 0.2) is 65.7 Å². The SMILES string of the molecule is CCn1nc(C2(c3ccccc3)CC2)nc1Cn1cnc2ccccc2c1=O. The third-order valence-corrected chi connectivity index (χ3v) is 5.60. The van der Waals surface area contributed by atoms with Gasteiger partial charge in [0.1, 0.15) is 5.82 Å². The van der Waals surface area contributed by atoms with Crippen LogP contribution in [0.25, 0.3) is 10.9 Å². The fourth-order valence-electron chi connectivity index (χ4n) is 3.84. The van der Waals surface area contributed by atoms with Gasteiger partial charge in [-0.15, -0.1) is 0 Å². The molecule has 1 saturated carbocycles. The molecule has 1 aliphatic carbocycles. The van der Waals surface area contributed by atoms with Crippen LogP contribution in [0.1, 0.15) is 37.0 Å². The number of nitrogens with zero attached hydrogens (tertiary/aromatic N) is 5. The van der Waals surface area contributed by atoms with E-state index in [1.54, 1.807) is 10.9 Å². The van der Waals surface area contributed by atoms with Crippen LogP contribution in [-0.2, 0) is 18.5 Å². The lowest BCUT2D eigenvalue weighted by atomic mass is 9.95. The van der Waals surface area contributed by atoms with Gasteiger partial charge in [0, 0.05) is 6.54 Å². The number of benzene rings is 2. The molecular weight excluding hydrogens is 350 g/mol. The summed E-state index contributed by atoms with van der Waals surface area (Å²) in [4.78, 5) is 22.1. The molecule has 1 aliphatic rings. The molecule has 0 radical (unpaired) electrons. The lowest BCUT2D eigenvalue weighted by Crippen LogP contribution is -2.23. The summed E-state index contributed by atoms with van der Waals surface area (Å²) < 4.78 is 3.52. The highest BCUT2D eigenvalue weighted by atomic mass is 16.1. The van der Waals surface area contributed by atoms with Crippen LogP contribution < -0.4 is 5.56 Å². The lowest BCUT2D eigenvalue weighted by Gasteiger charge is -2.11. The van der Waals surface area contributed by atoms with Crippen molar-refractivity contribution in [1.29, 1.82) is 0 Å². The zero-order chi connectivity index (χ0) is 19.1. The third-order valence-electron chi connectivity index (χ3n) is 5.60. The first-order valence-electron chi connectivity index (χ1n) is 9.65. The highest BCUT2D eigenvalue weighted by molar-refractivity contribution is 5.76. The van der Waals surface area contributed by atoms with Crippen molar-refractivity contribution >= 4 is 10.9 Å². The Morgan fingerprint density at radius 3 is 2.54 bits per heavy atom. The molecule has 0 bridgehead atoms. The van der Waals surface area contributed by atoms with Crippen LogP contribution in [0.4, 0.5) is 0 Å². The Bertz CT molecular complexity index is 1200. The van der Waals surface area contributed by atoms with Gasteiger partial charge in [-0.05, 0) is 37.5 Å². The van der Waals surface area contributed by atoms with Crippen molar-refractivity contribution in [3.63, 3.8) is 0 Å². The standard InChI is InChI=1S/C22H21N5O/c1-2-27-19(14-26-15-23-18-11-7-6-10-17(18)20(26)28)24-21(25-27)22(12-13-22)16-8-4-3-5-9-16/h3-11,15H,2,12-14H2,1H3. The van der Waals surface area contributed by atoms with Gasteiger partial charge < -0.3 is 0 Å². The molecule has 0 spiro atoms. The maximum absolute atomic E-state index is 12.8. The number of rotatable bonds is 5. The first kappa shape index (κ1) is 16.9. The van der Waals surface area contributed by atoms with E-state index in [2.05, 4.69) is 29.2 Å².